The van der Waals surface area contributed by atoms with Crippen molar-refractivity contribution in [1.29, 1.82) is 0 Å². The van der Waals surface area contributed by atoms with Gasteiger partial charge in [0.2, 0.25) is 5.91 Å². The summed E-state index contributed by atoms with van der Waals surface area (Å²) in [4.78, 5) is 12.7. The summed E-state index contributed by atoms with van der Waals surface area (Å²) < 4.78 is 10.6. The second kappa shape index (κ2) is 7.68. The Hall–Kier alpha value is -1.75. The maximum absolute atomic E-state index is 12.7. The highest BCUT2D eigenvalue weighted by atomic mass is 16.5. The summed E-state index contributed by atoms with van der Waals surface area (Å²) in [5.74, 6) is 1.87. The summed E-state index contributed by atoms with van der Waals surface area (Å²) in [7, 11) is 3.21. The number of hydrogen-bond donors (Lipinski definition) is 2. The first kappa shape index (κ1) is 17.6. The first-order valence-electron chi connectivity index (χ1n) is 8.20. The Morgan fingerprint density at radius 2 is 2.04 bits per heavy atom. The van der Waals surface area contributed by atoms with E-state index in [-0.39, 0.29) is 5.91 Å². The summed E-state index contributed by atoms with van der Waals surface area (Å²) in [5.41, 5.74) is 0.288. The number of piperidine rings is 1. The van der Waals surface area contributed by atoms with Crippen molar-refractivity contribution in [1.82, 2.24) is 10.6 Å². The monoisotopic (exact) mass is 320 g/mol. The van der Waals surface area contributed by atoms with Crippen molar-refractivity contribution in [3.8, 4) is 11.5 Å². The molecule has 1 aromatic carbocycles. The fourth-order valence-corrected chi connectivity index (χ4v) is 2.91. The van der Waals surface area contributed by atoms with Crippen LogP contribution in [0, 0.1) is 5.92 Å². The molecule has 5 nitrogen and oxygen atoms in total. The van der Waals surface area contributed by atoms with Crippen LogP contribution in [0.4, 0.5) is 0 Å². The lowest BCUT2D eigenvalue weighted by molar-refractivity contribution is -0.125. The van der Waals surface area contributed by atoms with Gasteiger partial charge in [0.1, 0.15) is 0 Å². The normalized spacial score (nSPS) is 18.3. The van der Waals surface area contributed by atoms with Gasteiger partial charge >= 0.3 is 0 Å². The molecular formula is C18H28N2O3. The topological polar surface area (TPSA) is 59.6 Å². The third kappa shape index (κ3) is 4.16. The van der Waals surface area contributed by atoms with Crippen LogP contribution in [0.15, 0.2) is 18.2 Å². The minimum Gasteiger partial charge on any atom is -0.493 e. The van der Waals surface area contributed by atoms with Gasteiger partial charge in [-0.2, -0.15) is 0 Å². The first-order valence-corrected chi connectivity index (χ1v) is 8.20. The highest BCUT2D eigenvalue weighted by molar-refractivity contribution is 5.87. The Morgan fingerprint density at radius 1 is 1.30 bits per heavy atom. The van der Waals surface area contributed by atoms with E-state index in [4.69, 9.17) is 9.47 Å². The van der Waals surface area contributed by atoms with E-state index in [1.165, 1.54) is 12.8 Å². The SMILES string of the molecule is COc1ccc(C(C)(C)C(=O)NCC2CCCNC2)cc1OC. The molecule has 0 aliphatic carbocycles. The number of methoxy groups -OCH3 is 2. The van der Waals surface area contributed by atoms with Crippen LogP contribution in [0.1, 0.15) is 32.3 Å². The summed E-state index contributed by atoms with van der Waals surface area (Å²) in [6, 6.07) is 5.64. The van der Waals surface area contributed by atoms with Crippen molar-refractivity contribution in [2.75, 3.05) is 33.9 Å². The molecule has 0 spiro atoms. The Labute approximate surface area is 138 Å². The third-order valence-electron chi connectivity index (χ3n) is 4.62. The number of carbonyl (C=O) groups is 1. The molecule has 1 heterocycles. The lowest BCUT2D eigenvalue weighted by Crippen LogP contribution is -2.44. The van der Waals surface area contributed by atoms with Gasteiger partial charge in [-0.05, 0) is 63.4 Å². The molecule has 5 heteroatoms. The molecule has 1 unspecified atom stereocenters. The molecule has 0 bridgehead atoms. The second-order valence-electron chi connectivity index (χ2n) is 6.62. The highest BCUT2D eigenvalue weighted by Gasteiger charge is 2.31. The lowest BCUT2D eigenvalue weighted by atomic mass is 9.83. The van der Waals surface area contributed by atoms with Gasteiger partial charge in [0.25, 0.3) is 0 Å². The molecule has 0 saturated carbocycles. The molecular weight excluding hydrogens is 292 g/mol. The van der Waals surface area contributed by atoms with E-state index < -0.39 is 5.41 Å². The molecule has 1 saturated heterocycles. The second-order valence-corrected chi connectivity index (χ2v) is 6.62. The third-order valence-corrected chi connectivity index (χ3v) is 4.62. The number of hydrogen-bond acceptors (Lipinski definition) is 4. The standard InChI is InChI=1S/C18H28N2O3/c1-18(2,14-7-8-15(22-3)16(10-14)23-4)17(21)20-12-13-6-5-9-19-11-13/h7-8,10,13,19H,5-6,9,11-12H2,1-4H3,(H,20,21). The quantitative estimate of drug-likeness (QED) is 0.843. The summed E-state index contributed by atoms with van der Waals surface area (Å²) in [6.07, 6.45) is 2.35. The van der Waals surface area contributed by atoms with Crippen LogP contribution in [0.3, 0.4) is 0 Å². The fraction of sp³-hybridized carbons (Fsp3) is 0.611. The van der Waals surface area contributed by atoms with Crippen LogP contribution in [-0.4, -0.2) is 39.8 Å². The molecule has 1 fully saturated rings. The molecule has 1 amide bonds. The van der Waals surface area contributed by atoms with Gasteiger partial charge in [-0.15, -0.1) is 0 Å². The Morgan fingerprint density at radius 3 is 2.65 bits per heavy atom. The molecule has 23 heavy (non-hydrogen) atoms. The molecule has 2 rings (SSSR count). The van der Waals surface area contributed by atoms with Crippen molar-refractivity contribution < 1.29 is 14.3 Å². The van der Waals surface area contributed by atoms with E-state index in [9.17, 15) is 4.79 Å². The van der Waals surface area contributed by atoms with Crippen molar-refractivity contribution in [3.05, 3.63) is 23.8 Å². The number of benzene rings is 1. The van der Waals surface area contributed by atoms with Gasteiger partial charge in [-0.25, -0.2) is 0 Å². The van der Waals surface area contributed by atoms with Crippen molar-refractivity contribution in [3.63, 3.8) is 0 Å². The van der Waals surface area contributed by atoms with Crippen LogP contribution in [0.5, 0.6) is 11.5 Å². The van der Waals surface area contributed by atoms with Crippen LogP contribution in [-0.2, 0) is 10.2 Å². The van der Waals surface area contributed by atoms with E-state index >= 15 is 0 Å². The summed E-state index contributed by atoms with van der Waals surface area (Å²) >= 11 is 0. The molecule has 1 aliphatic heterocycles. The lowest BCUT2D eigenvalue weighted by Gasteiger charge is -2.28. The zero-order chi connectivity index (χ0) is 16.9. The van der Waals surface area contributed by atoms with Crippen molar-refractivity contribution in [2.24, 2.45) is 5.92 Å². The first-order chi connectivity index (χ1) is 11.0. The Balaban J connectivity index is 2.05. The molecule has 2 N–H and O–H groups in total. The van der Waals surface area contributed by atoms with Crippen LogP contribution in [0.25, 0.3) is 0 Å². The molecule has 0 aromatic heterocycles. The number of amides is 1. The zero-order valence-corrected chi connectivity index (χ0v) is 14.6. The average Bonchev–Trinajstić information content (AvgIpc) is 2.59. The molecule has 0 radical (unpaired) electrons. The van der Waals surface area contributed by atoms with Gasteiger partial charge in [0.05, 0.1) is 19.6 Å². The van der Waals surface area contributed by atoms with Gasteiger partial charge in [0.15, 0.2) is 11.5 Å². The van der Waals surface area contributed by atoms with Crippen LogP contribution < -0.4 is 20.1 Å². The predicted molar refractivity (Wildman–Crippen MR) is 91.2 cm³/mol. The Bertz CT molecular complexity index is 537. The number of ether oxygens (including phenoxy) is 2. The maximum Gasteiger partial charge on any atom is 0.230 e. The van der Waals surface area contributed by atoms with Gasteiger partial charge in [0, 0.05) is 6.54 Å². The van der Waals surface area contributed by atoms with E-state index in [1.807, 2.05) is 32.0 Å². The Kier molecular flexibility index (Phi) is 5.88. The minimum atomic E-state index is -0.623. The van der Waals surface area contributed by atoms with E-state index in [2.05, 4.69) is 10.6 Å². The fourth-order valence-electron chi connectivity index (χ4n) is 2.91. The molecule has 1 aromatic rings. The number of nitrogens with one attached hydrogen (secondary N) is 2. The van der Waals surface area contributed by atoms with Gasteiger partial charge in [-0.1, -0.05) is 6.07 Å². The summed E-state index contributed by atoms with van der Waals surface area (Å²) in [5, 5.41) is 6.48. The van der Waals surface area contributed by atoms with E-state index in [0.29, 0.717) is 17.4 Å². The summed E-state index contributed by atoms with van der Waals surface area (Å²) in [6.45, 7) is 6.66. The van der Waals surface area contributed by atoms with Crippen LogP contribution in [0.2, 0.25) is 0 Å². The maximum atomic E-state index is 12.7. The number of carbonyl (C=O) groups excluding carboxylic acids is 1. The van der Waals surface area contributed by atoms with Crippen molar-refractivity contribution >= 4 is 5.91 Å². The van der Waals surface area contributed by atoms with Crippen LogP contribution >= 0.6 is 0 Å². The molecule has 1 atom stereocenters. The largest absolute Gasteiger partial charge is 0.493 e. The van der Waals surface area contributed by atoms with E-state index in [1.54, 1.807) is 14.2 Å². The predicted octanol–water partition coefficient (Wildman–Crippen LogP) is 2.10. The number of rotatable bonds is 6. The zero-order valence-electron chi connectivity index (χ0n) is 14.6. The molecule has 128 valence electrons. The smallest absolute Gasteiger partial charge is 0.230 e. The molecule has 1 aliphatic rings. The van der Waals surface area contributed by atoms with Gasteiger partial charge < -0.3 is 20.1 Å². The van der Waals surface area contributed by atoms with Crippen molar-refractivity contribution in [2.45, 2.75) is 32.1 Å². The minimum absolute atomic E-state index is 0.0373. The van der Waals surface area contributed by atoms with Gasteiger partial charge in [-0.3, -0.25) is 4.79 Å². The van der Waals surface area contributed by atoms with E-state index in [0.717, 1.165) is 25.2 Å². The highest BCUT2D eigenvalue weighted by Crippen LogP contribution is 2.33. The average molecular weight is 320 g/mol.